The molecule has 176 valence electrons. The van der Waals surface area contributed by atoms with Gasteiger partial charge >= 0.3 is 0 Å². The summed E-state index contributed by atoms with van der Waals surface area (Å²) in [6, 6.07) is 28.6. The van der Waals surface area contributed by atoms with Gasteiger partial charge in [-0.05, 0) is 47.0 Å². The Morgan fingerprint density at radius 1 is 0.771 bits per heavy atom. The van der Waals surface area contributed by atoms with E-state index in [1.54, 1.807) is 24.3 Å². The monoisotopic (exact) mass is 468 g/mol. The molecule has 0 bridgehead atoms. The molecule has 3 N–H and O–H groups in total. The molecule has 0 aliphatic rings. The quantitative estimate of drug-likeness (QED) is 0.182. The van der Waals surface area contributed by atoms with Crippen LogP contribution >= 0.6 is 0 Å². The van der Waals surface area contributed by atoms with Crippen molar-refractivity contribution in [3.63, 3.8) is 0 Å². The van der Waals surface area contributed by atoms with E-state index in [1.807, 2.05) is 60.7 Å². The van der Waals surface area contributed by atoms with E-state index in [2.05, 4.69) is 10.5 Å². The van der Waals surface area contributed by atoms with Crippen LogP contribution in [0.1, 0.15) is 27.0 Å². The molecule has 0 fully saturated rings. The first-order valence-corrected chi connectivity index (χ1v) is 10.9. The molecule has 7 heteroatoms. The van der Waals surface area contributed by atoms with Crippen LogP contribution in [-0.4, -0.2) is 22.3 Å². The molecule has 0 heterocycles. The number of hydrazone groups is 1. The van der Waals surface area contributed by atoms with Gasteiger partial charge in [0.15, 0.2) is 11.5 Å². The first-order chi connectivity index (χ1) is 17.1. The molecular weight excluding hydrogens is 444 g/mol. The Bertz CT molecular complexity index is 1310. The highest BCUT2D eigenvalue weighted by atomic mass is 16.5. The zero-order valence-electron chi connectivity index (χ0n) is 18.8. The van der Waals surface area contributed by atoms with Gasteiger partial charge < -0.3 is 19.7 Å². The van der Waals surface area contributed by atoms with Crippen LogP contribution in [0.25, 0.3) is 0 Å². The summed E-state index contributed by atoms with van der Waals surface area (Å²) in [5.41, 5.74) is 5.24. The van der Waals surface area contributed by atoms with Gasteiger partial charge in [0.05, 0.1) is 11.8 Å². The number of carbonyl (C=O) groups excluding carboxylic acids is 1. The van der Waals surface area contributed by atoms with Crippen LogP contribution in [0.4, 0.5) is 0 Å². The third-order valence-electron chi connectivity index (χ3n) is 5.06. The van der Waals surface area contributed by atoms with E-state index in [0.29, 0.717) is 29.2 Å². The third-order valence-corrected chi connectivity index (χ3v) is 5.06. The van der Waals surface area contributed by atoms with Gasteiger partial charge in [-0.15, -0.1) is 0 Å². The second-order valence-corrected chi connectivity index (χ2v) is 7.65. The van der Waals surface area contributed by atoms with E-state index in [1.165, 1.54) is 18.3 Å². The maximum absolute atomic E-state index is 12.8. The molecule has 0 saturated carbocycles. The van der Waals surface area contributed by atoms with E-state index < -0.39 is 5.91 Å². The van der Waals surface area contributed by atoms with Gasteiger partial charge in [0.1, 0.15) is 24.7 Å². The molecule has 0 aromatic heterocycles. The van der Waals surface area contributed by atoms with Crippen LogP contribution < -0.4 is 14.9 Å². The van der Waals surface area contributed by atoms with Crippen molar-refractivity contribution in [3.8, 4) is 23.0 Å². The van der Waals surface area contributed by atoms with Gasteiger partial charge in [-0.3, -0.25) is 4.79 Å². The van der Waals surface area contributed by atoms with E-state index in [9.17, 15) is 15.0 Å². The number of hydrogen-bond acceptors (Lipinski definition) is 6. The highest BCUT2D eigenvalue weighted by Gasteiger charge is 2.14. The normalized spacial score (nSPS) is 10.7. The summed E-state index contributed by atoms with van der Waals surface area (Å²) in [5, 5.41) is 22.9. The molecule has 4 aromatic rings. The zero-order valence-corrected chi connectivity index (χ0v) is 18.8. The van der Waals surface area contributed by atoms with Crippen LogP contribution in [0.2, 0.25) is 0 Å². The number of phenols is 2. The Labute approximate surface area is 202 Å². The summed E-state index contributed by atoms with van der Waals surface area (Å²) in [6.45, 7) is 0.660. The second kappa shape index (κ2) is 11.4. The van der Waals surface area contributed by atoms with Crippen molar-refractivity contribution >= 4 is 12.1 Å². The number of aromatic hydroxyl groups is 2. The molecule has 0 saturated heterocycles. The van der Waals surface area contributed by atoms with Gasteiger partial charge in [0.2, 0.25) is 0 Å². The minimum Gasteiger partial charge on any atom is -0.504 e. The van der Waals surface area contributed by atoms with Crippen molar-refractivity contribution < 1.29 is 24.5 Å². The van der Waals surface area contributed by atoms with Crippen LogP contribution in [0.5, 0.6) is 23.0 Å². The van der Waals surface area contributed by atoms with Gasteiger partial charge in [0, 0.05) is 6.07 Å². The fraction of sp³-hybridized carbons (Fsp3) is 0.0714. The molecule has 1 amide bonds. The summed E-state index contributed by atoms with van der Waals surface area (Å²) in [6.07, 6.45) is 1.36. The number of nitrogens with zero attached hydrogens (tertiary/aromatic N) is 1. The highest BCUT2D eigenvalue weighted by Crippen LogP contribution is 2.27. The molecule has 4 aromatic carbocycles. The lowest BCUT2D eigenvalue weighted by Gasteiger charge is -2.13. The maximum atomic E-state index is 12.8. The minimum atomic E-state index is -0.470. The first kappa shape index (κ1) is 23.4. The minimum absolute atomic E-state index is 0.235. The summed E-state index contributed by atoms with van der Waals surface area (Å²) in [7, 11) is 0. The predicted octanol–water partition coefficient (Wildman–Crippen LogP) is 5.02. The summed E-state index contributed by atoms with van der Waals surface area (Å²) < 4.78 is 11.9. The average molecular weight is 469 g/mol. The van der Waals surface area contributed by atoms with Gasteiger partial charge in [0.25, 0.3) is 5.91 Å². The average Bonchev–Trinajstić information content (AvgIpc) is 2.89. The zero-order chi connectivity index (χ0) is 24.5. The fourth-order valence-electron chi connectivity index (χ4n) is 3.22. The van der Waals surface area contributed by atoms with E-state index in [4.69, 9.17) is 9.47 Å². The Balaban J connectivity index is 1.49. The van der Waals surface area contributed by atoms with E-state index in [0.717, 1.165) is 11.1 Å². The summed E-state index contributed by atoms with van der Waals surface area (Å²) in [4.78, 5) is 12.8. The van der Waals surface area contributed by atoms with Crippen LogP contribution in [0, 0.1) is 0 Å². The topological polar surface area (TPSA) is 100 Å². The summed E-state index contributed by atoms with van der Waals surface area (Å²) >= 11 is 0. The molecule has 35 heavy (non-hydrogen) atoms. The van der Waals surface area contributed by atoms with Crippen molar-refractivity contribution in [2.75, 3.05) is 0 Å². The number of hydrogen-bond donors (Lipinski definition) is 3. The maximum Gasteiger partial charge on any atom is 0.275 e. The van der Waals surface area contributed by atoms with Crippen LogP contribution in [-0.2, 0) is 13.2 Å². The van der Waals surface area contributed by atoms with Crippen molar-refractivity contribution in [2.45, 2.75) is 13.2 Å². The SMILES string of the molecule is O=C(NN=Cc1ccc(O)c(O)c1)c1ccc(OCc2ccccc2)cc1OCc1ccccc1. The molecule has 0 aliphatic heterocycles. The third kappa shape index (κ3) is 6.61. The molecule has 0 spiro atoms. The van der Waals surface area contributed by atoms with E-state index >= 15 is 0 Å². The molecule has 7 nitrogen and oxygen atoms in total. The largest absolute Gasteiger partial charge is 0.504 e. The van der Waals surface area contributed by atoms with Gasteiger partial charge in [-0.2, -0.15) is 5.10 Å². The summed E-state index contributed by atoms with van der Waals surface area (Å²) in [5.74, 6) is -0.0585. The Morgan fingerprint density at radius 2 is 1.43 bits per heavy atom. The van der Waals surface area contributed by atoms with Gasteiger partial charge in [-0.1, -0.05) is 60.7 Å². The highest BCUT2D eigenvalue weighted by molar-refractivity contribution is 5.97. The Kier molecular flexibility index (Phi) is 7.60. The Hall–Kier alpha value is -4.78. The van der Waals surface area contributed by atoms with Crippen LogP contribution in [0.15, 0.2) is 102 Å². The van der Waals surface area contributed by atoms with Gasteiger partial charge in [-0.25, -0.2) is 5.43 Å². The Morgan fingerprint density at radius 3 is 2.09 bits per heavy atom. The van der Waals surface area contributed by atoms with Crippen molar-refractivity contribution in [2.24, 2.45) is 5.10 Å². The lowest BCUT2D eigenvalue weighted by atomic mass is 10.1. The van der Waals surface area contributed by atoms with E-state index in [-0.39, 0.29) is 18.1 Å². The number of benzene rings is 4. The number of carbonyl (C=O) groups is 1. The smallest absolute Gasteiger partial charge is 0.275 e. The lowest BCUT2D eigenvalue weighted by molar-refractivity contribution is 0.0950. The molecular formula is C28H24N2O5. The lowest BCUT2D eigenvalue weighted by Crippen LogP contribution is -2.19. The molecule has 0 aliphatic carbocycles. The number of phenolic OH excluding ortho intramolecular Hbond substituents is 2. The van der Waals surface area contributed by atoms with Crippen molar-refractivity contribution in [1.29, 1.82) is 0 Å². The number of nitrogens with one attached hydrogen (secondary N) is 1. The fourth-order valence-corrected chi connectivity index (χ4v) is 3.22. The number of rotatable bonds is 9. The standard InChI is InChI=1S/C28H24N2O5/c31-25-14-11-22(15-26(25)32)17-29-30-28(33)24-13-12-23(34-18-20-7-3-1-4-8-20)16-27(24)35-19-21-9-5-2-6-10-21/h1-17,31-32H,18-19H2,(H,30,33). The molecule has 0 atom stereocenters. The molecule has 0 radical (unpaired) electrons. The van der Waals surface area contributed by atoms with Crippen LogP contribution in [0.3, 0.4) is 0 Å². The predicted molar refractivity (Wildman–Crippen MR) is 133 cm³/mol. The second-order valence-electron chi connectivity index (χ2n) is 7.65. The molecule has 4 rings (SSSR count). The van der Waals surface area contributed by atoms with Crippen molar-refractivity contribution in [3.05, 3.63) is 119 Å². The van der Waals surface area contributed by atoms with Crippen molar-refractivity contribution in [1.82, 2.24) is 5.43 Å². The number of amides is 1. The first-order valence-electron chi connectivity index (χ1n) is 10.9. The number of ether oxygens (including phenoxy) is 2. The molecule has 0 unspecified atom stereocenters.